The Morgan fingerprint density at radius 3 is 2.79 bits per heavy atom. The van der Waals surface area contributed by atoms with Gasteiger partial charge >= 0.3 is 0 Å². The highest BCUT2D eigenvalue weighted by Crippen LogP contribution is 2.32. The van der Waals surface area contributed by atoms with Crippen molar-refractivity contribution in [1.82, 2.24) is 4.98 Å². The summed E-state index contributed by atoms with van der Waals surface area (Å²) in [4.78, 5) is 17.4. The van der Waals surface area contributed by atoms with Crippen molar-refractivity contribution in [3.8, 4) is 5.75 Å². The van der Waals surface area contributed by atoms with Crippen molar-refractivity contribution in [2.75, 3.05) is 23.3 Å². The fourth-order valence-electron chi connectivity index (χ4n) is 3.93. The maximum absolute atomic E-state index is 13.4. The summed E-state index contributed by atoms with van der Waals surface area (Å²) in [5.41, 5.74) is 2.70. The van der Waals surface area contributed by atoms with Gasteiger partial charge in [0.15, 0.2) is 5.13 Å². The van der Waals surface area contributed by atoms with Crippen molar-refractivity contribution < 1.29 is 17.9 Å². The lowest BCUT2D eigenvalue weighted by molar-refractivity contribution is 0.102. The molecule has 1 aliphatic heterocycles. The number of sulfonamides is 1. The van der Waals surface area contributed by atoms with E-state index in [4.69, 9.17) is 4.74 Å². The first-order valence-corrected chi connectivity index (χ1v) is 12.7. The molecule has 0 saturated carbocycles. The predicted octanol–water partition coefficient (Wildman–Crippen LogP) is 4.70. The van der Waals surface area contributed by atoms with E-state index in [0.29, 0.717) is 23.1 Å². The fourth-order valence-corrected chi connectivity index (χ4v) is 6.41. The first kappa shape index (κ1) is 21.4. The van der Waals surface area contributed by atoms with Gasteiger partial charge < -0.3 is 4.74 Å². The first-order valence-electron chi connectivity index (χ1n) is 10.4. The summed E-state index contributed by atoms with van der Waals surface area (Å²) in [5.74, 6) is 0.290. The molecule has 7 nitrogen and oxygen atoms in total. The number of methoxy groups -OCH3 is 1. The molecule has 0 fully saturated rings. The standard InChI is InChI=1S/C24H21N3O4S2/c1-31-18-11-12-20-22(15-18)32-24(25-20)26-23(28)17-7-4-9-19(14-17)33(29,30)27-13-5-8-16-6-2-3-10-21(16)27/h2-4,6-7,9-12,14-15H,5,8,13H2,1H3,(H,25,26,28). The molecular formula is C24H21N3O4S2. The number of anilines is 2. The van der Waals surface area contributed by atoms with Gasteiger partial charge in [-0.3, -0.25) is 14.4 Å². The molecule has 1 aromatic heterocycles. The molecule has 0 unspecified atom stereocenters. The summed E-state index contributed by atoms with van der Waals surface area (Å²) in [5, 5.41) is 3.21. The molecule has 0 aliphatic carbocycles. The number of thiazole rings is 1. The molecule has 0 atom stereocenters. The average molecular weight is 480 g/mol. The van der Waals surface area contributed by atoms with Crippen LogP contribution in [0.25, 0.3) is 10.2 Å². The van der Waals surface area contributed by atoms with E-state index in [0.717, 1.165) is 28.6 Å². The van der Waals surface area contributed by atoms with E-state index >= 15 is 0 Å². The molecule has 0 bridgehead atoms. The summed E-state index contributed by atoms with van der Waals surface area (Å²) in [6.07, 6.45) is 1.59. The van der Waals surface area contributed by atoms with Crippen LogP contribution in [0, 0.1) is 0 Å². The van der Waals surface area contributed by atoms with Gasteiger partial charge in [0.2, 0.25) is 0 Å². The zero-order valence-electron chi connectivity index (χ0n) is 17.8. The molecule has 9 heteroatoms. The minimum absolute atomic E-state index is 0.0842. The number of nitrogens with one attached hydrogen (secondary N) is 1. The number of aromatic nitrogens is 1. The van der Waals surface area contributed by atoms with E-state index in [1.54, 1.807) is 25.3 Å². The maximum Gasteiger partial charge on any atom is 0.264 e. The smallest absolute Gasteiger partial charge is 0.264 e. The number of carbonyl (C=O) groups is 1. The lowest BCUT2D eigenvalue weighted by Crippen LogP contribution is -2.35. The first-order chi connectivity index (χ1) is 16.0. The highest BCUT2D eigenvalue weighted by atomic mass is 32.2. The number of amides is 1. The van der Waals surface area contributed by atoms with Crippen molar-refractivity contribution in [1.29, 1.82) is 0 Å². The van der Waals surface area contributed by atoms with Gasteiger partial charge in [0.1, 0.15) is 5.75 Å². The minimum atomic E-state index is -3.81. The Bertz CT molecular complexity index is 1460. The third-order valence-electron chi connectivity index (χ3n) is 5.57. The number of hydrogen-bond acceptors (Lipinski definition) is 6. The van der Waals surface area contributed by atoms with E-state index in [1.165, 1.54) is 27.8 Å². The SMILES string of the molecule is COc1ccc2nc(NC(=O)c3cccc(S(=O)(=O)N4CCCc5ccccc54)c3)sc2c1. The third-order valence-corrected chi connectivity index (χ3v) is 8.31. The number of hydrogen-bond donors (Lipinski definition) is 1. The molecule has 1 aliphatic rings. The van der Waals surface area contributed by atoms with Gasteiger partial charge in [-0.1, -0.05) is 35.6 Å². The summed E-state index contributed by atoms with van der Waals surface area (Å²) < 4.78 is 34.4. The molecule has 0 radical (unpaired) electrons. The fraction of sp³-hybridized carbons (Fsp3) is 0.167. The maximum atomic E-state index is 13.4. The van der Waals surface area contributed by atoms with Crippen LogP contribution in [-0.4, -0.2) is 33.0 Å². The zero-order valence-corrected chi connectivity index (χ0v) is 19.4. The van der Waals surface area contributed by atoms with Crippen molar-refractivity contribution in [3.63, 3.8) is 0 Å². The van der Waals surface area contributed by atoms with E-state index in [9.17, 15) is 13.2 Å². The number of nitrogens with zero attached hydrogens (tertiary/aromatic N) is 2. The largest absolute Gasteiger partial charge is 0.497 e. The topological polar surface area (TPSA) is 88.6 Å². The Kier molecular flexibility index (Phi) is 5.51. The second-order valence-corrected chi connectivity index (χ2v) is 10.5. The third kappa shape index (κ3) is 4.05. The average Bonchev–Trinajstić information content (AvgIpc) is 3.25. The molecular weight excluding hydrogens is 458 g/mol. The van der Waals surface area contributed by atoms with Gasteiger partial charge in [-0.2, -0.15) is 0 Å². The van der Waals surface area contributed by atoms with Gasteiger partial charge in [-0.15, -0.1) is 0 Å². The van der Waals surface area contributed by atoms with Crippen LogP contribution >= 0.6 is 11.3 Å². The Labute approximate surface area is 195 Å². The quantitative estimate of drug-likeness (QED) is 0.448. The van der Waals surface area contributed by atoms with Crippen molar-refractivity contribution in [3.05, 3.63) is 77.9 Å². The Balaban J connectivity index is 1.42. The Morgan fingerprint density at radius 2 is 1.94 bits per heavy atom. The molecule has 2 heterocycles. The van der Waals surface area contributed by atoms with Gasteiger partial charge in [0.05, 0.1) is 27.9 Å². The monoisotopic (exact) mass is 479 g/mol. The molecule has 5 rings (SSSR count). The van der Waals surface area contributed by atoms with Crippen LogP contribution in [0.4, 0.5) is 10.8 Å². The second-order valence-electron chi connectivity index (χ2n) is 7.64. The molecule has 0 saturated heterocycles. The van der Waals surface area contributed by atoms with Crippen LogP contribution in [0.2, 0.25) is 0 Å². The van der Waals surface area contributed by atoms with Crippen LogP contribution in [0.15, 0.2) is 71.6 Å². The summed E-state index contributed by atoms with van der Waals surface area (Å²) in [6.45, 7) is 0.408. The molecule has 3 aromatic carbocycles. The Morgan fingerprint density at radius 1 is 1.09 bits per heavy atom. The number of rotatable bonds is 5. The molecule has 168 valence electrons. The van der Waals surface area contributed by atoms with Crippen LogP contribution in [-0.2, 0) is 16.4 Å². The molecule has 1 amide bonds. The van der Waals surface area contributed by atoms with E-state index < -0.39 is 15.9 Å². The van der Waals surface area contributed by atoms with Crippen molar-refractivity contribution in [2.45, 2.75) is 17.7 Å². The highest BCUT2D eigenvalue weighted by molar-refractivity contribution is 7.92. The number of carbonyl (C=O) groups excluding carboxylic acids is 1. The molecule has 33 heavy (non-hydrogen) atoms. The van der Waals surface area contributed by atoms with Crippen LogP contribution in [0.3, 0.4) is 0 Å². The van der Waals surface area contributed by atoms with E-state index in [1.807, 2.05) is 36.4 Å². The van der Waals surface area contributed by atoms with Crippen molar-refractivity contribution >= 4 is 48.3 Å². The van der Waals surface area contributed by atoms with Crippen LogP contribution < -0.4 is 14.4 Å². The molecule has 1 N–H and O–H groups in total. The molecule has 0 spiro atoms. The normalized spacial score (nSPS) is 13.5. The van der Waals surface area contributed by atoms with Crippen LogP contribution in [0.1, 0.15) is 22.3 Å². The van der Waals surface area contributed by atoms with E-state index in [2.05, 4.69) is 10.3 Å². The highest BCUT2D eigenvalue weighted by Gasteiger charge is 2.29. The van der Waals surface area contributed by atoms with Gasteiger partial charge in [0, 0.05) is 12.1 Å². The zero-order chi connectivity index (χ0) is 23.0. The number of benzene rings is 3. The number of aryl methyl sites for hydroxylation is 1. The number of para-hydroxylation sites is 1. The van der Waals surface area contributed by atoms with Gasteiger partial charge in [0.25, 0.3) is 15.9 Å². The van der Waals surface area contributed by atoms with Gasteiger partial charge in [-0.25, -0.2) is 13.4 Å². The summed E-state index contributed by atoms with van der Waals surface area (Å²) in [7, 11) is -2.21. The van der Waals surface area contributed by atoms with Gasteiger partial charge in [-0.05, 0) is 60.9 Å². The summed E-state index contributed by atoms with van der Waals surface area (Å²) in [6, 6.07) is 19.1. The number of ether oxygens (including phenoxy) is 1. The lowest BCUT2D eigenvalue weighted by atomic mass is 10.0. The predicted molar refractivity (Wildman–Crippen MR) is 130 cm³/mol. The molecule has 4 aromatic rings. The van der Waals surface area contributed by atoms with Crippen LogP contribution in [0.5, 0.6) is 5.75 Å². The Hall–Kier alpha value is -3.43. The number of fused-ring (bicyclic) bond motifs is 2. The minimum Gasteiger partial charge on any atom is -0.497 e. The van der Waals surface area contributed by atoms with Crippen molar-refractivity contribution in [2.24, 2.45) is 0 Å². The summed E-state index contributed by atoms with van der Waals surface area (Å²) >= 11 is 1.33. The second kappa shape index (κ2) is 8.49. The van der Waals surface area contributed by atoms with E-state index in [-0.39, 0.29) is 10.5 Å². The lowest BCUT2D eigenvalue weighted by Gasteiger charge is -2.30.